The lowest BCUT2D eigenvalue weighted by Crippen LogP contribution is -2.24. The lowest BCUT2D eigenvalue weighted by molar-refractivity contribution is -0.138. The maximum Gasteiger partial charge on any atom is 0.416 e. The van der Waals surface area contributed by atoms with Crippen LogP contribution in [-0.2, 0) is 17.5 Å². The zero-order valence-electron chi connectivity index (χ0n) is 10.7. The van der Waals surface area contributed by atoms with Crippen LogP contribution in [0.2, 0.25) is 0 Å². The third-order valence-corrected chi connectivity index (χ3v) is 3.40. The summed E-state index contributed by atoms with van der Waals surface area (Å²) in [5.74, 6) is 0. The van der Waals surface area contributed by atoms with Gasteiger partial charge in [-0.05, 0) is 24.1 Å². The molecule has 0 spiro atoms. The number of anilines is 1. The molecule has 2 rings (SSSR count). The summed E-state index contributed by atoms with van der Waals surface area (Å²) in [5.41, 5.74) is 5.19. The summed E-state index contributed by atoms with van der Waals surface area (Å²) >= 11 is 0. The number of nitrogens with two attached hydrogens (primary N) is 1. The first-order valence-electron chi connectivity index (χ1n) is 6.11. The Hall–Kier alpha value is -1.27. The molecule has 0 bridgehead atoms. The van der Waals surface area contributed by atoms with Crippen molar-refractivity contribution < 1.29 is 17.9 Å². The maximum absolute atomic E-state index is 12.9. The van der Waals surface area contributed by atoms with Gasteiger partial charge in [0, 0.05) is 32.4 Å². The van der Waals surface area contributed by atoms with E-state index in [-0.39, 0.29) is 23.9 Å². The number of nitrogens with zero attached hydrogens (tertiary/aromatic N) is 1. The van der Waals surface area contributed by atoms with Crippen LogP contribution in [0.25, 0.3) is 0 Å². The van der Waals surface area contributed by atoms with Crippen molar-refractivity contribution in [3.63, 3.8) is 0 Å². The third-order valence-electron chi connectivity index (χ3n) is 3.40. The van der Waals surface area contributed by atoms with Gasteiger partial charge in [-0.3, -0.25) is 4.90 Å². The Morgan fingerprint density at radius 2 is 2.16 bits per heavy atom. The fraction of sp³-hybridized carbons (Fsp3) is 0.538. The van der Waals surface area contributed by atoms with Crippen LogP contribution in [0.4, 0.5) is 18.9 Å². The van der Waals surface area contributed by atoms with E-state index in [4.69, 9.17) is 10.5 Å². The highest BCUT2D eigenvalue weighted by molar-refractivity contribution is 5.46. The van der Waals surface area contributed by atoms with Crippen LogP contribution < -0.4 is 5.73 Å². The van der Waals surface area contributed by atoms with Crippen LogP contribution in [0.5, 0.6) is 0 Å². The van der Waals surface area contributed by atoms with E-state index < -0.39 is 11.7 Å². The standard InChI is InChI=1S/C13H17F3N2O/c1-19-11-4-5-18(8-11)7-9-2-3-10(17)6-12(9)13(14,15)16/h2-3,6,11H,4-5,7-8,17H2,1H3/t11-/m1/s1. The second-order valence-corrected chi connectivity index (χ2v) is 4.80. The fourth-order valence-electron chi connectivity index (χ4n) is 2.37. The Bertz CT molecular complexity index is 448. The minimum absolute atomic E-state index is 0.114. The molecular weight excluding hydrogens is 257 g/mol. The second kappa shape index (κ2) is 5.38. The van der Waals surface area contributed by atoms with Gasteiger partial charge < -0.3 is 10.5 Å². The average Bonchev–Trinajstić information content (AvgIpc) is 2.78. The minimum Gasteiger partial charge on any atom is -0.399 e. The molecule has 1 heterocycles. The van der Waals surface area contributed by atoms with Crippen molar-refractivity contribution in [1.29, 1.82) is 0 Å². The smallest absolute Gasteiger partial charge is 0.399 e. The van der Waals surface area contributed by atoms with E-state index in [2.05, 4.69) is 0 Å². The summed E-state index contributed by atoms with van der Waals surface area (Å²) in [5, 5.41) is 0. The first-order chi connectivity index (χ1) is 8.90. The van der Waals surface area contributed by atoms with Crippen molar-refractivity contribution in [2.75, 3.05) is 25.9 Å². The summed E-state index contributed by atoms with van der Waals surface area (Å²) in [7, 11) is 1.62. The summed E-state index contributed by atoms with van der Waals surface area (Å²) in [6.07, 6.45) is -3.40. The van der Waals surface area contributed by atoms with Crippen LogP contribution in [0.3, 0.4) is 0 Å². The monoisotopic (exact) mass is 274 g/mol. The van der Waals surface area contributed by atoms with E-state index in [1.807, 2.05) is 4.90 Å². The number of hydrogen-bond acceptors (Lipinski definition) is 3. The van der Waals surface area contributed by atoms with Crippen molar-refractivity contribution in [2.45, 2.75) is 25.2 Å². The predicted molar refractivity (Wildman–Crippen MR) is 66.5 cm³/mol. The highest BCUT2D eigenvalue weighted by Gasteiger charge is 2.34. The molecule has 19 heavy (non-hydrogen) atoms. The van der Waals surface area contributed by atoms with E-state index in [1.54, 1.807) is 7.11 Å². The molecule has 6 heteroatoms. The third kappa shape index (κ3) is 3.39. The molecule has 1 aromatic rings. The number of alkyl halides is 3. The predicted octanol–water partition coefficient (Wildman–Crippen LogP) is 2.51. The summed E-state index contributed by atoms with van der Waals surface area (Å²) in [6.45, 7) is 1.69. The zero-order chi connectivity index (χ0) is 14.0. The molecular formula is C13H17F3N2O. The van der Waals surface area contributed by atoms with Gasteiger partial charge in [-0.1, -0.05) is 6.07 Å². The molecule has 1 aliphatic rings. The quantitative estimate of drug-likeness (QED) is 0.861. The van der Waals surface area contributed by atoms with Gasteiger partial charge in [0.05, 0.1) is 11.7 Å². The topological polar surface area (TPSA) is 38.5 Å². The number of hydrogen-bond donors (Lipinski definition) is 1. The Balaban J connectivity index is 2.16. The van der Waals surface area contributed by atoms with Gasteiger partial charge >= 0.3 is 6.18 Å². The van der Waals surface area contributed by atoms with Crippen molar-refractivity contribution in [3.8, 4) is 0 Å². The molecule has 2 N–H and O–H groups in total. The Labute approximate surface area is 110 Å². The van der Waals surface area contributed by atoms with Crippen LogP contribution in [-0.4, -0.2) is 31.2 Å². The first kappa shape index (κ1) is 14.1. The summed E-state index contributed by atoms with van der Waals surface area (Å²) in [4.78, 5) is 1.97. The Morgan fingerprint density at radius 1 is 1.42 bits per heavy atom. The molecule has 1 atom stereocenters. The average molecular weight is 274 g/mol. The molecule has 1 aromatic carbocycles. The normalized spacial score (nSPS) is 20.9. The van der Waals surface area contributed by atoms with Crippen molar-refractivity contribution in [1.82, 2.24) is 4.90 Å². The first-order valence-corrected chi connectivity index (χ1v) is 6.11. The van der Waals surface area contributed by atoms with E-state index >= 15 is 0 Å². The summed E-state index contributed by atoms with van der Waals surface area (Å²) in [6, 6.07) is 3.96. The van der Waals surface area contributed by atoms with Gasteiger partial charge in [-0.15, -0.1) is 0 Å². The van der Waals surface area contributed by atoms with Crippen molar-refractivity contribution >= 4 is 5.69 Å². The highest BCUT2D eigenvalue weighted by Crippen LogP contribution is 2.34. The van der Waals surface area contributed by atoms with Gasteiger partial charge in [0.2, 0.25) is 0 Å². The largest absolute Gasteiger partial charge is 0.416 e. The van der Waals surface area contributed by atoms with Gasteiger partial charge in [0.1, 0.15) is 0 Å². The molecule has 1 aliphatic heterocycles. The van der Waals surface area contributed by atoms with Gasteiger partial charge in [-0.2, -0.15) is 13.2 Å². The van der Waals surface area contributed by atoms with Gasteiger partial charge in [0.15, 0.2) is 0 Å². The number of methoxy groups -OCH3 is 1. The lowest BCUT2D eigenvalue weighted by Gasteiger charge is -2.19. The van der Waals surface area contributed by atoms with E-state index in [0.717, 1.165) is 19.0 Å². The summed E-state index contributed by atoms with van der Waals surface area (Å²) < 4.78 is 44.1. The molecule has 0 aromatic heterocycles. The van der Waals surface area contributed by atoms with Crippen LogP contribution in [0, 0.1) is 0 Å². The van der Waals surface area contributed by atoms with Crippen LogP contribution in [0.1, 0.15) is 17.5 Å². The molecule has 0 amide bonds. The lowest BCUT2D eigenvalue weighted by atomic mass is 10.1. The molecule has 1 saturated heterocycles. The zero-order valence-corrected chi connectivity index (χ0v) is 10.7. The van der Waals surface area contributed by atoms with Crippen molar-refractivity contribution in [3.05, 3.63) is 29.3 Å². The molecule has 106 valence electrons. The fourth-order valence-corrected chi connectivity index (χ4v) is 2.37. The van der Waals surface area contributed by atoms with Crippen molar-refractivity contribution in [2.24, 2.45) is 0 Å². The second-order valence-electron chi connectivity index (χ2n) is 4.80. The minimum atomic E-state index is -4.37. The molecule has 1 fully saturated rings. The van der Waals surface area contributed by atoms with Crippen LogP contribution in [0.15, 0.2) is 18.2 Å². The number of nitrogen functional groups attached to an aromatic ring is 1. The number of rotatable bonds is 3. The van der Waals surface area contributed by atoms with E-state index in [9.17, 15) is 13.2 Å². The van der Waals surface area contributed by atoms with E-state index in [0.29, 0.717) is 6.54 Å². The Kier molecular flexibility index (Phi) is 4.01. The molecule has 3 nitrogen and oxygen atoms in total. The number of benzene rings is 1. The molecule has 0 saturated carbocycles. The maximum atomic E-state index is 12.9. The Morgan fingerprint density at radius 3 is 2.74 bits per heavy atom. The number of likely N-dealkylation sites (tertiary alicyclic amines) is 1. The SMILES string of the molecule is CO[C@@H]1CCN(Cc2ccc(N)cc2C(F)(F)F)C1. The number of ether oxygens (including phenoxy) is 1. The molecule has 0 aliphatic carbocycles. The van der Waals surface area contributed by atoms with E-state index in [1.165, 1.54) is 12.1 Å². The number of halogens is 3. The van der Waals surface area contributed by atoms with Gasteiger partial charge in [0.25, 0.3) is 0 Å². The molecule has 0 unspecified atom stereocenters. The highest BCUT2D eigenvalue weighted by atomic mass is 19.4. The van der Waals surface area contributed by atoms with Gasteiger partial charge in [-0.25, -0.2) is 0 Å². The van der Waals surface area contributed by atoms with Crippen LogP contribution >= 0.6 is 0 Å². The molecule has 0 radical (unpaired) electrons.